The number of likely N-dealkylation sites (N-methyl/N-ethyl adjacent to an activating group) is 1. The summed E-state index contributed by atoms with van der Waals surface area (Å²) in [7, 11) is 1.83. The van der Waals surface area contributed by atoms with Crippen LogP contribution < -0.4 is 10.9 Å². The topological polar surface area (TPSA) is 67.2 Å². The Morgan fingerprint density at radius 2 is 2.31 bits per heavy atom. The summed E-state index contributed by atoms with van der Waals surface area (Å²) in [5.41, 5.74) is 0.436. The van der Waals surface area contributed by atoms with Crippen LogP contribution in [0, 0.1) is 0 Å². The molecular formula is C11H13N3O2. The number of rotatable bonds is 3. The number of fused-ring (bicyclic) bond motifs is 1. The highest BCUT2D eigenvalue weighted by Gasteiger charge is 2.03. The van der Waals surface area contributed by atoms with Gasteiger partial charge in [-0.15, -0.1) is 0 Å². The molecule has 2 N–H and O–H groups in total. The van der Waals surface area contributed by atoms with Crippen molar-refractivity contribution in [2.24, 2.45) is 0 Å². The smallest absolute Gasteiger partial charge is 0.261 e. The lowest BCUT2D eigenvalue weighted by Gasteiger charge is -2.05. The Balaban J connectivity index is 2.53. The van der Waals surface area contributed by atoms with Crippen LogP contribution in [0.5, 0.6) is 5.75 Å². The molecule has 1 aromatic carbocycles. The predicted molar refractivity (Wildman–Crippen MR) is 61.6 cm³/mol. The molecule has 0 saturated carbocycles. The highest BCUT2D eigenvalue weighted by molar-refractivity contribution is 5.78. The Labute approximate surface area is 92.4 Å². The molecule has 0 aliphatic carbocycles. The van der Waals surface area contributed by atoms with E-state index < -0.39 is 0 Å². The van der Waals surface area contributed by atoms with Crippen molar-refractivity contribution in [1.82, 2.24) is 14.9 Å². The first-order chi connectivity index (χ1) is 7.72. The first kappa shape index (κ1) is 10.6. The maximum Gasteiger partial charge on any atom is 0.261 e. The maximum absolute atomic E-state index is 12.0. The zero-order valence-electron chi connectivity index (χ0n) is 8.97. The van der Waals surface area contributed by atoms with Crippen LogP contribution >= 0.6 is 0 Å². The second-order valence-corrected chi connectivity index (χ2v) is 3.55. The first-order valence-electron chi connectivity index (χ1n) is 5.05. The van der Waals surface area contributed by atoms with Gasteiger partial charge in [0.25, 0.3) is 5.56 Å². The monoisotopic (exact) mass is 219 g/mol. The maximum atomic E-state index is 12.0. The van der Waals surface area contributed by atoms with E-state index in [9.17, 15) is 9.90 Å². The summed E-state index contributed by atoms with van der Waals surface area (Å²) >= 11 is 0. The number of nitrogens with one attached hydrogen (secondary N) is 1. The summed E-state index contributed by atoms with van der Waals surface area (Å²) in [6.07, 6.45) is 1.50. The molecule has 5 nitrogen and oxygen atoms in total. The van der Waals surface area contributed by atoms with Crippen LogP contribution in [-0.2, 0) is 6.54 Å². The van der Waals surface area contributed by atoms with Crippen LogP contribution in [0.3, 0.4) is 0 Å². The van der Waals surface area contributed by atoms with Crippen molar-refractivity contribution in [1.29, 1.82) is 0 Å². The summed E-state index contributed by atoms with van der Waals surface area (Å²) in [4.78, 5) is 16.1. The molecule has 1 aromatic heterocycles. The van der Waals surface area contributed by atoms with Crippen LogP contribution in [-0.4, -0.2) is 28.3 Å². The zero-order chi connectivity index (χ0) is 11.5. The van der Waals surface area contributed by atoms with E-state index in [0.717, 1.165) is 0 Å². The van der Waals surface area contributed by atoms with Gasteiger partial charge in [-0.25, -0.2) is 4.98 Å². The van der Waals surface area contributed by atoms with E-state index in [0.29, 0.717) is 24.0 Å². The van der Waals surface area contributed by atoms with Crippen molar-refractivity contribution in [3.05, 3.63) is 34.9 Å². The Morgan fingerprint density at radius 1 is 1.50 bits per heavy atom. The molecule has 16 heavy (non-hydrogen) atoms. The number of aromatic hydroxyl groups is 1. The molecule has 0 aliphatic rings. The quantitative estimate of drug-likeness (QED) is 0.780. The predicted octanol–water partition coefficient (Wildman–Crippen LogP) is 0.321. The summed E-state index contributed by atoms with van der Waals surface area (Å²) in [6, 6.07) is 4.57. The van der Waals surface area contributed by atoms with Crippen LogP contribution in [0.2, 0.25) is 0 Å². The summed E-state index contributed by atoms with van der Waals surface area (Å²) < 4.78 is 1.55. The van der Waals surface area contributed by atoms with Gasteiger partial charge >= 0.3 is 0 Å². The molecule has 0 saturated heterocycles. The van der Waals surface area contributed by atoms with Crippen LogP contribution in [0.4, 0.5) is 0 Å². The molecular weight excluding hydrogens is 206 g/mol. The summed E-state index contributed by atoms with van der Waals surface area (Å²) in [5.74, 6) is 0.118. The van der Waals surface area contributed by atoms with Gasteiger partial charge in [-0.2, -0.15) is 0 Å². The SMILES string of the molecule is CNCCn1cnc2cc(O)ccc2c1=O. The van der Waals surface area contributed by atoms with Gasteiger partial charge in [-0.05, 0) is 19.2 Å². The zero-order valence-corrected chi connectivity index (χ0v) is 8.97. The lowest BCUT2D eigenvalue weighted by Crippen LogP contribution is -2.25. The van der Waals surface area contributed by atoms with E-state index in [-0.39, 0.29) is 11.3 Å². The molecule has 0 fully saturated rings. The molecule has 0 amide bonds. The first-order valence-corrected chi connectivity index (χ1v) is 5.05. The number of aromatic nitrogens is 2. The second kappa shape index (κ2) is 4.32. The molecule has 0 aliphatic heterocycles. The minimum Gasteiger partial charge on any atom is -0.508 e. The van der Waals surface area contributed by atoms with Crippen molar-refractivity contribution in [2.75, 3.05) is 13.6 Å². The van der Waals surface area contributed by atoms with Crippen LogP contribution in [0.1, 0.15) is 0 Å². The van der Waals surface area contributed by atoms with E-state index >= 15 is 0 Å². The highest BCUT2D eigenvalue weighted by Crippen LogP contribution is 2.14. The molecule has 2 rings (SSSR count). The van der Waals surface area contributed by atoms with Gasteiger partial charge in [-0.3, -0.25) is 9.36 Å². The fraction of sp³-hybridized carbons (Fsp3) is 0.273. The van der Waals surface area contributed by atoms with Crippen molar-refractivity contribution < 1.29 is 5.11 Å². The Hall–Kier alpha value is -1.88. The van der Waals surface area contributed by atoms with E-state index in [1.807, 2.05) is 7.05 Å². The molecule has 0 unspecified atom stereocenters. The molecule has 2 aromatic rings. The Morgan fingerprint density at radius 3 is 3.06 bits per heavy atom. The van der Waals surface area contributed by atoms with Gasteiger partial charge in [-0.1, -0.05) is 0 Å². The number of hydrogen-bond donors (Lipinski definition) is 2. The molecule has 0 bridgehead atoms. The van der Waals surface area contributed by atoms with Gasteiger partial charge in [0.2, 0.25) is 0 Å². The Bertz CT molecular complexity index is 563. The van der Waals surface area contributed by atoms with Gasteiger partial charge < -0.3 is 10.4 Å². The second-order valence-electron chi connectivity index (χ2n) is 3.55. The third-order valence-electron chi connectivity index (χ3n) is 2.41. The minimum atomic E-state index is -0.0831. The number of phenolic OH excluding ortho intramolecular Hbond substituents is 1. The number of benzene rings is 1. The molecule has 1 heterocycles. The van der Waals surface area contributed by atoms with Gasteiger partial charge in [0.05, 0.1) is 17.2 Å². The van der Waals surface area contributed by atoms with Crippen molar-refractivity contribution in [3.63, 3.8) is 0 Å². The van der Waals surface area contributed by atoms with Gasteiger partial charge in [0.1, 0.15) is 5.75 Å². The number of nitrogens with zero attached hydrogens (tertiary/aromatic N) is 2. The van der Waals surface area contributed by atoms with Crippen molar-refractivity contribution >= 4 is 10.9 Å². The van der Waals surface area contributed by atoms with E-state index in [1.165, 1.54) is 18.5 Å². The van der Waals surface area contributed by atoms with Gasteiger partial charge in [0, 0.05) is 19.2 Å². The molecule has 0 radical (unpaired) electrons. The van der Waals surface area contributed by atoms with Crippen molar-refractivity contribution in [2.45, 2.75) is 6.54 Å². The van der Waals surface area contributed by atoms with Crippen LogP contribution in [0.25, 0.3) is 10.9 Å². The fourth-order valence-corrected chi connectivity index (χ4v) is 1.54. The average Bonchev–Trinajstić information content (AvgIpc) is 2.28. The standard InChI is InChI=1S/C11H13N3O2/c1-12-4-5-14-7-13-10-6-8(15)2-3-9(10)11(14)16/h2-3,6-7,12,15H,4-5H2,1H3. The minimum absolute atomic E-state index is 0.0831. The van der Waals surface area contributed by atoms with Crippen molar-refractivity contribution in [3.8, 4) is 5.75 Å². The lowest BCUT2D eigenvalue weighted by atomic mass is 10.2. The van der Waals surface area contributed by atoms with Gasteiger partial charge in [0.15, 0.2) is 0 Å². The normalized spacial score (nSPS) is 10.8. The molecule has 5 heteroatoms. The average molecular weight is 219 g/mol. The largest absolute Gasteiger partial charge is 0.508 e. The fourth-order valence-electron chi connectivity index (χ4n) is 1.54. The molecule has 0 atom stereocenters. The van der Waals surface area contributed by atoms with Crippen LogP contribution in [0.15, 0.2) is 29.3 Å². The summed E-state index contributed by atoms with van der Waals surface area (Å²) in [5, 5.41) is 12.8. The van der Waals surface area contributed by atoms with E-state index in [2.05, 4.69) is 10.3 Å². The third kappa shape index (κ3) is 1.90. The lowest BCUT2D eigenvalue weighted by molar-refractivity contribution is 0.476. The van der Waals surface area contributed by atoms with E-state index in [1.54, 1.807) is 10.6 Å². The summed E-state index contributed by atoms with van der Waals surface area (Å²) in [6.45, 7) is 1.30. The molecule has 84 valence electrons. The highest BCUT2D eigenvalue weighted by atomic mass is 16.3. The number of phenols is 1. The number of hydrogen-bond acceptors (Lipinski definition) is 4. The molecule has 0 spiro atoms. The van der Waals surface area contributed by atoms with E-state index in [4.69, 9.17) is 0 Å². The Kier molecular flexibility index (Phi) is 2.87. The third-order valence-corrected chi connectivity index (χ3v) is 2.41.